The molecule has 0 spiro atoms. The summed E-state index contributed by atoms with van der Waals surface area (Å²) in [5.41, 5.74) is 0. The van der Waals surface area contributed by atoms with Gasteiger partial charge in [0.25, 0.3) is 0 Å². The molecule has 0 amide bonds. The summed E-state index contributed by atoms with van der Waals surface area (Å²) in [6, 6.07) is 0. The molecule has 1 unspecified atom stereocenters. The Morgan fingerprint density at radius 3 is 2.19 bits per heavy atom. The highest BCUT2D eigenvalue weighted by atomic mass is 16.5. The largest absolute Gasteiger partial charge is 0.393 e. The number of aliphatic hydroxyl groups excluding tert-OH is 1. The van der Waals surface area contributed by atoms with Crippen molar-refractivity contribution < 1.29 is 9.84 Å². The smallest absolute Gasteiger partial charge is 0.0569 e. The summed E-state index contributed by atoms with van der Waals surface area (Å²) >= 11 is 0. The van der Waals surface area contributed by atoms with Gasteiger partial charge < -0.3 is 9.84 Å². The second kappa shape index (κ2) is 7.29. The van der Waals surface area contributed by atoms with Crippen LogP contribution in [-0.2, 0) is 4.74 Å². The Morgan fingerprint density at radius 2 is 1.69 bits per heavy atom. The van der Waals surface area contributed by atoms with Gasteiger partial charge in [-0.25, -0.2) is 0 Å². The van der Waals surface area contributed by atoms with Crippen molar-refractivity contribution in [2.45, 2.75) is 58.5 Å². The first-order chi connectivity index (χ1) is 7.65. The van der Waals surface area contributed by atoms with Crippen LogP contribution in [-0.4, -0.2) is 24.9 Å². The van der Waals surface area contributed by atoms with E-state index in [1.54, 1.807) is 7.11 Å². The van der Waals surface area contributed by atoms with Gasteiger partial charge in [-0.3, -0.25) is 0 Å². The van der Waals surface area contributed by atoms with Gasteiger partial charge in [-0.15, -0.1) is 0 Å². The van der Waals surface area contributed by atoms with Crippen molar-refractivity contribution in [3.05, 3.63) is 0 Å². The maximum absolute atomic E-state index is 10.1. The van der Waals surface area contributed by atoms with Crippen molar-refractivity contribution >= 4 is 0 Å². The van der Waals surface area contributed by atoms with E-state index in [0.717, 1.165) is 31.3 Å². The Kier molecular flexibility index (Phi) is 6.37. The summed E-state index contributed by atoms with van der Waals surface area (Å²) in [5, 5.41) is 10.1. The molecule has 2 heteroatoms. The van der Waals surface area contributed by atoms with Crippen molar-refractivity contribution in [1.29, 1.82) is 0 Å². The molecule has 16 heavy (non-hydrogen) atoms. The molecule has 0 aromatic heterocycles. The van der Waals surface area contributed by atoms with E-state index in [4.69, 9.17) is 4.74 Å². The first kappa shape index (κ1) is 14.0. The summed E-state index contributed by atoms with van der Waals surface area (Å²) in [6.45, 7) is 5.42. The van der Waals surface area contributed by atoms with Crippen molar-refractivity contribution in [3.8, 4) is 0 Å². The first-order valence-electron chi connectivity index (χ1n) is 6.82. The van der Waals surface area contributed by atoms with Gasteiger partial charge in [-0.1, -0.05) is 13.8 Å². The maximum atomic E-state index is 10.1. The van der Waals surface area contributed by atoms with Crippen molar-refractivity contribution in [3.63, 3.8) is 0 Å². The Balaban J connectivity index is 2.19. The number of aliphatic hydroxyl groups is 1. The van der Waals surface area contributed by atoms with Crippen LogP contribution in [0.1, 0.15) is 52.4 Å². The average Bonchev–Trinajstić information content (AvgIpc) is 2.29. The molecule has 1 N–H and O–H groups in total. The Morgan fingerprint density at radius 1 is 1.12 bits per heavy atom. The monoisotopic (exact) mass is 228 g/mol. The van der Waals surface area contributed by atoms with Gasteiger partial charge in [0.2, 0.25) is 0 Å². The maximum Gasteiger partial charge on any atom is 0.0569 e. The van der Waals surface area contributed by atoms with E-state index in [2.05, 4.69) is 13.8 Å². The molecule has 0 bridgehead atoms. The molecule has 1 aliphatic rings. The van der Waals surface area contributed by atoms with Gasteiger partial charge in [-0.05, 0) is 56.3 Å². The summed E-state index contributed by atoms with van der Waals surface area (Å²) in [5.74, 6) is 2.25. The normalized spacial score (nSPS) is 28.3. The van der Waals surface area contributed by atoms with Crippen molar-refractivity contribution in [2.75, 3.05) is 13.7 Å². The molecule has 0 aromatic rings. The number of hydrogen-bond donors (Lipinski definition) is 1. The van der Waals surface area contributed by atoms with Crippen molar-refractivity contribution in [2.24, 2.45) is 17.8 Å². The van der Waals surface area contributed by atoms with Crippen LogP contribution in [0.4, 0.5) is 0 Å². The quantitative estimate of drug-likeness (QED) is 0.707. The SMILES string of the molecule is COCCCC(O)C1CCC(C(C)C)CC1. The lowest BCUT2D eigenvalue weighted by molar-refractivity contribution is 0.0528. The van der Waals surface area contributed by atoms with Crippen molar-refractivity contribution in [1.82, 2.24) is 0 Å². The van der Waals surface area contributed by atoms with Crippen LogP contribution < -0.4 is 0 Å². The van der Waals surface area contributed by atoms with Gasteiger partial charge in [-0.2, -0.15) is 0 Å². The fraction of sp³-hybridized carbons (Fsp3) is 1.00. The van der Waals surface area contributed by atoms with E-state index in [1.807, 2.05) is 0 Å². The minimum Gasteiger partial charge on any atom is -0.393 e. The van der Waals surface area contributed by atoms with Gasteiger partial charge >= 0.3 is 0 Å². The second-order valence-corrected chi connectivity index (χ2v) is 5.62. The zero-order valence-corrected chi connectivity index (χ0v) is 11.1. The lowest BCUT2D eigenvalue weighted by atomic mass is 9.74. The Labute approximate surface area is 100 Å². The third kappa shape index (κ3) is 4.42. The number of hydrogen-bond acceptors (Lipinski definition) is 2. The third-order valence-electron chi connectivity index (χ3n) is 4.15. The Bertz CT molecular complexity index is 172. The second-order valence-electron chi connectivity index (χ2n) is 5.62. The predicted molar refractivity (Wildman–Crippen MR) is 67.4 cm³/mol. The van der Waals surface area contributed by atoms with Crippen LogP contribution in [0, 0.1) is 17.8 Å². The molecule has 0 radical (unpaired) electrons. The highest BCUT2D eigenvalue weighted by Gasteiger charge is 2.27. The minimum atomic E-state index is -0.0942. The number of methoxy groups -OCH3 is 1. The molecule has 2 nitrogen and oxygen atoms in total. The summed E-state index contributed by atoms with van der Waals surface area (Å²) in [6.07, 6.45) is 6.86. The molecule has 1 aliphatic carbocycles. The van der Waals surface area contributed by atoms with E-state index in [1.165, 1.54) is 25.7 Å². The van der Waals surface area contributed by atoms with Crippen LogP contribution in [0.5, 0.6) is 0 Å². The van der Waals surface area contributed by atoms with Crippen LogP contribution >= 0.6 is 0 Å². The lowest BCUT2D eigenvalue weighted by Gasteiger charge is -2.33. The van der Waals surface area contributed by atoms with Crippen LogP contribution in [0.3, 0.4) is 0 Å². The zero-order valence-electron chi connectivity index (χ0n) is 11.1. The molecular weight excluding hydrogens is 200 g/mol. The molecule has 1 atom stereocenters. The van der Waals surface area contributed by atoms with Gasteiger partial charge in [0.05, 0.1) is 6.10 Å². The molecule has 96 valence electrons. The Hall–Kier alpha value is -0.0800. The highest BCUT2D eigenvalue weighted by molar-refractivity contribution is 4.78. The molecule has 0 aromatic carbocycles. The average molecular weight is 228 g/mol. The van der Waals surface area contributed by atoms with Gasteiger partial charge in [0, 0.05) is 13.7 Å². The number of ether oxygens (including phenoxy) is 1. The van der Waals surface area contributed by atoms with E-state index >= 15 is 0 Å². The summed E-state index contributed by atoms with van der Waals surface area (Å²) < 4.78 is 5.02. The topological polar surface area (TPSA) is 29.5 Å². The summed E-state index contributed by atoms with van der Waals surface area (Å²) in [4.78, 5) is 0. The van der Waals surface area contributed by atoms with Crippen LogP contribution in [0.2, 0.25) is 0 Å². The molecule has 0 aliphatic heterocycles. The minimum absolute atomic E-state index is 0.0942. The van der Waals surface area contributed by atoms with Crippen LogP contribution in [0.25, 0.3) is 0 Å². The molecule has 1 saturated carbocycles. The predicted octanol–water partition coefficient (Wildman–Crippen LogP) is 3.24. The van der Waals surface area contributed by atoms with Gasteiger partial charge in [0.15, 0.2) is 0 Å². The highest BCUT2D eigenvalue weighted by Crippen LogP contribution is 2.35. The summed E-state index contributed by atoms with van der Waals surface area (Å²) in [7, 11) is 1.72. The molecule has 0 heterocycles. The zero-order chi connectivity index (χ0) is 12.0. The van der Waals surface area contributed by atoms with E-state index in [-0.39, 0.29) is 6.10 Å². The van der Waals surface area contributed by atoms with Gasteiger partial charge in [0.1, 0.15) is 0 Å². The number of rotatable bonds is 6. The first-order valence-corrected chi connectivity index (χ1v) is 6.82. The molecule has 1 fully saturated rings. The standard InChI is InChI=1S/C14H28O2/c1-11(2)12-6-8-13(9-7-12)14(15)5-4-10-16-3/h11-15H,4-10H2,1-3H3. The van der Waals surface area contributed by atoms with E-state index < -0.39 is 0 Å². The molecular formula is C14H28O2. The fourth-order valence-electron chi connectivity index (χ4n) is 2.87. The molecule has 1 rings (SSSR count). The third-order valence-corrected chi connectivity index (χ3v) is 4.15. The lowest BCUT2D eigenvalue weighted by Crippen LogP contribution is -2.27. The van der Waals surface area contributed by atoms with E-state index in [9.17, 15) is 5.11 Å². The van der Waals surface area contributed by atoms with Crippen LogP contribution in [0.15, 0.2) is 0 Å². The molecule has 0 saturated heterocycles. The fourth-order valence-corrected chi connectivity index (χ4v) is 2.87. The van der Waals surface area contributed by atoms with E-state index in [0.29, 0.717) is 5.92 Å².